The van der Waals surface area contributed by atoms with Gasteiger partial charge in [-0.2, -0.15) is 0 Å². The Balaban J connectivity index is 1.56. The van der Waals surface area contributed by atoms with E-state index in [4.69, 9.17) is 10.5 Å². The van der Waals surface area contributed by atoms with E-state index in [9.17, 15) is 9.90 Å². The molecule has 1 spiro atoms. The van der Waals surface area contributed by atoms with Crippen LogP contribution in [0.3, 0.4) is 0 Å². The molecule has 3 N–H and O–H groups in total. The molecule has 2 aromatic heterocycles. The first-order valence-corrected chi connectivity index (χ1v) is 11.4. The molecule has 2 aromatic rings. The van der Waals surface area contributed by atoms with E-state index in [2.05, 4.69) is 39.9 Å². The largest absolute Gasteiger partial charge is 0.388 e. The maximum absolute atomic E-state index is 13.8. The van der Waals surface area contributed by atoms with Crippen LogP contribution in [0.5, 0.6) is 0 Å². The highest BCUT2D eigenvalue weighted by Crippen LogP contribution is 2.54. The van der Waals surface area contributed by atoms with Gasteiger partial charge >= 0.3 is 0 Å². The molecule has 9 nitrogen and oxygen atoms in total. The summed E-state index contributed by atoms with van der Waals surface area (Å²) >= 11 is 0. The van der Waals surface area contributed by atoms with Crippen LogP contribution in [0.2, 0.25) is 0 Å². The number of amides is 1. The SMILES string of the molecule is CC1(C)C=C(c2ncc(N3C(=O)C4(CCCC4)c4c(N)nc(CO)nc43)cn2)CC(C)(C)O1. The zero-order chi connectivity index (χ0) is 23.6. The van der Waals surface area contributed by atoms with Crippen molar-refractivity contribution in [1.29, 1.82) is 0 Å². The number of ether oxygens (including phenoxy) is 1. The summed E-state index contributed by atoms with van der Waals surface area (Å²) in [6.45, 7) is 7.79. The van der Waals surface area contributed by atoms with Gasteiger partial charge in [-0.1, -0.05) is 12.8 Å². The number of hydrogen-bond donors (Lipinski definition) is 2. The molecule has 3 aliphatic rings. The summed E-state index contributed by atoms with van der Waals surface area (Å²) < 4.78 is 6.13. The summed E-state index contributed by atoms with van der Waals surface area (Å²) in [7, 11) is 0. The van der Waals surface area contributed by atoms with Gasteiger partial charge in [0.15, 0.2) is 11.6 Å². The Labute approximate surface area is 193 Å². The van der Waals surface area contributed by atoms with Gasteiger partial charge in [0.2, 0.25) is 5.91 Å². The van der Waals surface area contributed by atoms with Gasteiger partial charge in [-0.15, -0.1) is 0 Å². The van der Waals surface area contributed by atoms with E-state index < -0.39 is 11.0 Å². The van der Waals surface area contributed by atoms with Gasteiger partial charge in [-0.3, -0.25) is 9.69 Å². The van der Waals surface area contributed by atoms with Crippen LogP contribution in [0.15, 0.2) is 18.5 Å². The third-order valence-corrected chi connectivity index (χ3v) is 6.73. The third kappa shape index (κ3) is 3.50. The molecule has 0 bridgehead atoms. The number of hydrogen-bond acceptors (Lipinski definition) is 8. The van der Waals surface area contributed by atoms with Crippen molar-refractivity contribution in [2.45, 2.75) is 83.0 Å². The van der Waals surface area contributed by atoms with Crippen LogP contribution < -0.4 is 10.6 Å². The van der Waals surface area contributed by atoms with Gasteiger partial charge < -0.3 is 15.6 Å². The summed E-state index contributed by atoms with van der Waals surface area (Å²) in [5, 5.41) is 9.61. The van der Waals surface area contributed by atoms with Crippen molar-refractivity contribution in [1.82, 2.24) is 19.9 Å². The fraction of sp³-hybridized carbons (Fsp3) is 0.542. The number of carbonyl (C=O) groups excluding carboxylic acids is 1. The number of aromatic nitrogens is 4. The Morgan fingerprint density at radius 2 is 1.79 bits per heavy atom. The normalized spacial score (nSPS) is 22.5. The van der Waals surface area contributed by atoms with Crippen LogP contribution in [0, 0.1) is 0 Å². The van der Waals surface area contributed by atoms with Crippen LogP contribution >= 0.6 is 0 Å². The van der Waals surface area contributed by atoms with Crippen molar-refractivity contribution >= 4 is 28.8 Å². The van der Waals surface area contributed by atoms with Crippen molar-refractivity contribution in [3.05, 3.63) is 35.7 Å². The lowest BCUT2D eigenvalue weighted by atomic mass is 9.80. The average Bonchev–Trinajstić information content (AvgIpc) is 3.30. The Morgan fingerprint density at radius 1 is 1.12 bits per heavy atom. The molecule has 4 heterocycles. The average molecular weight is 451 g/mol. The molecular weight excluding hydrogens is 420 g/mol. The molecule has 0 aromatic carbocycles. The summed E-state index contributed by atoms with van der Waals surface area (Å²) in [5.74, 6) is 1.42. The molecule has 0 unspecified atom stereocenters. The topological polar surface area (TPSA) is 127 Å². The van der Waals surface area contributed by atoms with Gasteiger partial charge in [0.25, 0.3) is 0 Å². The summed E-state index contributed by atoms with van der Waals surface area (Å²) in [4.78, 5) is 33.3. The van der Waals surface area contributed by atoms with Crippen LogP contribution in [-0.2, 0) is 21.6 Å². The molecule has 0 atom stereocenters. The zero-order valence-electron chi connectivity index (χ0n) is 19.6. The molecule has 0 radical (unpaired) electrons. The lowest BCUT2D eigenvalue weighted by molar-refractivity contribution is -0.122. The lowest BCUT2D eigenvalue weighted by Gasteiger charge is -2.39. The van der Waals surface area contributed by atoms with Crippen LogP contribution in [-0.4, -0.2) is 42.2 Å². The van der Waals surface area contributed by atoms with Gasteiger partial charge in [0.05, 0.1) is 40.3 Å². The first-order valence-electron chi connectivity index (χ1n) is 11.4. The van der Waals surface area contributed by atoms with E-state index in [-0.39, 0.29) is 29.8 Å². The number of fused-ring (bicyclic) bond motifs is 2. The van der Waals surface area contributed by atoms with Crippen molar-refractivity contribution in [3.63, 3.8) is 0 Å². The molecule has 9 heteroatoms. The molecule has 1 fully saturated rings. The molecule has 0 saturated heterocycles. The number of aliphatic hydroxyl groups excluding tert-OH is 1. The molecule has 33 heavy (non-hydrogen) atoms. The smallest absolute Gasteiger partial charge is 0.243 e. The Kier molecular flexibility index (Phi) is 4.84. The van der Waals surface area contributed by atoms with Crippen LogP contribution in [0.1, 0.15) is 77.0 Å². The standard InChI is InChI=1S/C24H30N6O3/c1-22(2)9-14(10-23(3,4)33-22)19-26-11-15(12-27-19)30-20-17(18(25)28-16(13-31)29-20)24(21(30)32)7-5-6-8-24/h9,11-12,31H,5-8,10,13H2,1-4H3,(H2,25,28,29). The highest BCUT2D eigenvalue weighted by Gasteiger charge is 2.55. The number of rotatable bonds is 3. The number of nitrogens with zero attached hydrogens (tertiary/aromatic N) is 5. The molecule has 1 aliphatic carbocycles. The number of aliphatic hydroxyl groups is 1. The van der Waals surface area contributed by atoms with Crippen LogP contribution in [0.4, 0.5) is 17.3 Å². The van der Waals surface area contributed by atoms with Crippen molar-refractivity contribution in [2.75, 3.05) is 10.6 Å². The molecule has 2 aliphatic heterocycles. The van der Waals surface area contributed by atoms with E-state index in [1.54, 1.807) is 17.3 Å². The van der Waals surface area contributed by atoms with Crippen LogP contribution in [0.25, 0.3) is 5.57 Å². The monoisotopic (exact) mass is 450 g/mol. The second-order valence-corrected chi connectivity index (χ2v) is 10.4. The maximum atomic E-state index is 13.8. The van der Waals surface area contributed by atoms with E-state index in [0.29, 0.717) is 42.2 Å². The van der Waals surface area contributed by atoms with E-state index in [1.165, 1.54) is 0 Å². The van der Waals surface area contributed by atoms with Gasteiger partial charge in [0, 0.05) is 6.42 Å². The number of nitrogen functional groups attached to an aromatic ring is 1. The molecule has 5 rings (SSSR count). The van der Waals surface area contributed by atoms with Crippen molar-refractivity contribution < 1.29 is 14.6 Å². The Bertz CT molecular complexity index is 1150. The van der Waals surface area contributed by atoms with Crippen molar-refractivity contribution in [2.24, 2.45) is 0 Å². The predicted molar refractivity (Wildman–Crippen MR) is 124 cm³/mol. The highest BCUT2D eigenvalue weighted by atomic mass is 16.5. The first-order chi connectivity index (χ1) is 15.6. The zero-order valence-corrected chi connectivity index (χ0v) is 19.6. The van der Waals surface area contributed by atoms with Gasteiger partial charge in [-0.05, 0) is 52.2 Å². The minimum atomic E-state index is -0.719. The molecular formula is C24H30N6O3. The third-order valence-electron chi connectivity index (χ3n) is 6.73. The number of anilines is 3. The van der Waals surface area contributed by atoms with Gasteiger partial charge in [0.1, 0.15) is 18.2 Å². The lowest BCUT2D eigenvalue weighted by Crippen LogP contribution is -2.39. The van der Waals surface area contributed by atoms with E-state index >= 15 is 0 Å². The second kappa shape index (κ2) is 7.30. The highest BCUT2D eigenvalue weighted by molar-refractivity contribution is 6.13. The second-order valence-electron chi connectivity index (χ2n) is 10.4. The molecule has 1 saturated carbocycles. The summed E-state index contributed by atoms with van der Waals surface area (Å²) in [6.07, 6.45) is 9.35. The Morgan fingerprint density at radius 3 is 2.39 bits per heavy atom. The van der Waals surface area contributed by atoms with E-state index in [1.807, 2.05) is 13.8 Å². The minimum absolute atomic E-state index is 0.0741. The van der Waals surface area contributed by atoms with Gasteiger partial charge in [-0.25, -0.2) is 19.9 Å². The fourth-order valence-electron chi connectivity index (χ4n) is 5.76. The van der Waals surface area contributed by atoms with Crippen molar-refractivity contribution in [3.8, 4) is 0 Å². The summed E-state index contributed by atoms with van der Waals surface area (Å²) in [5.41, 5.74) is 7.02. The first kappa shape index (κ1) is 21.9. The van der Waals surface area contributed by atoms with E-state index in [0.717, 1.165) is 18.4 Å². The molecule has 174 valence electrons. The summed E-state index contributed by atoms with van der Waals surface area (Å²) in [6, 6.07) is 0. The predicted octanol–water partition coefficient (Wildman–Crippen LogP) is 3.19. The maximum Gasteiger partial charge on any atom is 0.243 e. The quantitative estimate of drug-likeness (QED) is 0.730. The number of nitrogens with two attached hydrogens (primary N) is 1. The minimum Gasteiger partial charge on any atom is -0.388 e. The Hall–Kier alpha value is -2.91. The molecule has 1 amide bonds. The fourth-order valence-corrected chi connectivity index (χ4v) is 5.76. The number of carbonyl (C=O) groups is 1.